The average Bonchev–Trinajstić information content (AvgIpc) is 2.50. The highest BCUT2D eigenvalue weighted by atomic mass is 31.2. The van der Waals surface area contributed by atoms with E-state index < -0.39 is 19.7 Å². The maximum absolute atomic E-state index is 12.6. The van der Waals surface area contributed by atoms with Crippen molar-refractivity contribution in [2.45, 2.75) is 26.4 Å². The Labute approximate surface area is 126 Å². The molecule has 0 aliphatic heterocycles. The van der Waals surface area contributed by atoms with Crippen LogP contribution in [0.1, 0.15) is 19.4 Å². The first-order chi connectivity index (χ1) is 9.91. The van der Waals surface area contributed by atoms with Crippen molar-refractivity contribution >= 4 is 13.6 Å². The van der Waals surface area contributed by atoms with Crippen molar-refractivity contribution in [2.24, 2.45) is 5.92 Å². The Kier molecular flexibility index (Phi) is 7.09. The molecule has 0 fully saturated rings. The van der Waals surface area contributed by atoms with Crippen molar-refractivity contribution in [3.05, 3.63) is 35.9 Å². The number of aryl methyl sites for hydroxylation is 1. The van der Waals surface area contributed by atoms with Gasteiger partial charge >= 0.3 is 13.6 Å². The number of carbonyl (C=O) groups excluding carboxylic acids is 1. The molecule has 6 heteroatoms. The molecule has 0 bridgehead atoms. The van der Waals surface area contributed by atoms with E-state index in [-0.39, 0.29) is 12.1 Å². The summed E-state index contributed by atoms with van der Waals surface area (Å²) >= 11 is 0. The fourth-order valence-corrected chi connectivity index (χ4v) is 3.41. The lowest BCUT2D eigenvalue weighted by Crippen LogP contribution is -2.30. The number of rotatable bonds is 8. The van der Waals surface area contributed by atoms with Crippen LogP contribution in [0.4, 0.5) is 0 Å². The second-order valence-corrected chi connectivity index (χ2v) is 7.29. The van der Waals surface area contributed by atoms with Crippen molar-refractivity contribution in [2.75, 3.05) is 20.4 Å². The molecule has 5 nitrogen and oxygen atoms in total. The SMILES string of the molecule is COC(=O)[C@@H](OP(=O)(CCc1ccccc1)OC)C(C)C. The van der Waals surface area contributed by atoms with E-state index in [4.69, 9.17) is 9.05 Å². The Morgan fingerprint density at radius 3 is 2.29 bits per heavy atom. The minimum Gasteiger partial charge on any atom is -0.467 e. The van der Waals surface area contributed by atoms with Crippen LogP contribution >= 0.6 is 7.60 Å². The number of hydrogen-bond acceptors (Lipinski definition) is 5. The van der Waals surface area contributed by atoms with Crippen molar-refractivity contribution in [3.63, 3.8) is 0 Å². The van der Waals surface area contributed by atoms with Gasteiger partial charge in [-0.15, -0.1) is 0 Å². The number of methoxy groups -OCH3 is 1. The van der Waals surface area contributed by atoms with Crippen LogP contribution in [-0.4, -0.2) is 32.5 Å². The number of hydrogen-bond donors (Lipinski definition) is 0. The number of esters is 1. The zero-order chi connectivity index (χ0) is 15.9. The van der Waals surface area contributed by atoms with Crippen LogP contribution in [0.5, 0.6) is 0 Å². The van der Waals surface area contributed by atoms with Gasteiger partial charge in [-0.05, 0) is 17.9 Å². The number of benzene rings is 1. The predicted octanol–water partition coefficient (Wildman–Crippen LogP) is 3.28. The molecule has 0 spiro atoms. The molecule has 0 N–H and O–H groups in total. The predicted molar refractivity (Wildman–Crippen MR) is 81.4 cm³/mol. The number of ether oxygens (including phenoxy) is 1. The van der Waals surface area contributed by atoms with E-state index >= 15 is 0 Å². The average molecular weight is 314 g/mol. The Hall–Kier alpha value is -1.16. The van der Waals surface area contributed by atoms with Crippen molar-refractivity contribution in [1.29, 1.82) is 0 Å². The molecule has 1 aromatic rings. The van der Waals surface area contributed by atoms with Crippen LogP contribution in [0.2, 0.25) is 0 Å². The number of carbonyl (C=O) groups is 1. The molecule has 21 heavy (non-hydrogen) atoms. The minimum absolute atomic E-state index is 0.155. The highest BCUT2D eigenvalue weighted by molar-refractivity contribution is 7.53. The second-order valence-electron chi connectivity index (χ2n) is 5.05. The maximum Gasteiger partial charge on any atom is 0.335 e. The van der Waals surface area contributed by atoms with E-state index in [9.17, 15) is 9.36 Å². The van der Waals surface area contributed by atoms with Crippen molar-refractivity contribution in [3.8, 4) is 0 Å². The molecule has 118 valence electrons. The maximum atomic E-state index is 12.6. The lowest BCUT2D eigenvalue weighted by molar-refractivity contribution is -0.151. The summed E-state index contributed by atoms with van der Waals surface area (Å²) in [5, 5.41) is 0. The van der Waals surface area contributed by atoms with Gasteiger partial charge in [-0.2, -0.15) is 0 Å². The molecule has 0 saturated carbocycles. The quantitative estimate of drug-likeness (QED) is 0.544. The van der Waals surface area contributed by atoms with Gasteiger partial charge < -0.3 is 9.26 Å². The smallest absolute Gasteiger partial charge is 0.335 e. The molecule has 0 radical (unpaired) electrons. The highest BCUT2D eigenvalue weighted by Gasteiger charge is 2.34. The summed E-state index contributed by atoms with van der Waals surface area (Å²) in [6.45, 7) is 3.61. The van der Waals surface area contributed by atoms with Gasteiger partial charge in [0.05, 0.1) is 13.3 Å². The molecule has 0 aromatic heterocycles. The van der Waals surface area contributed by atoms with E-state index in [0.29, 0.717) is 6.42 Å². The van der Waals surface area contributed by atoms with Crippen LogP contribution in [-0.2, 0) is 29.6 Å². The van der Waals surface area contributed by atoms with Gasteiger partial charge in [-0.3, -0.25) is 9.09 Å². The summed E-state index contributed by atoms with van der Waals surface area (Å²) in [4.78, 5) is 11.7. The third-order valence-electron chi connectivity index (χ3n) is 3.11. The Morgan fingerprint density at radius 1 is 1.19 bits per heavy atom. The van der Waals surface area contributed by atoms with Crippen LogP contribution in [0.15, 0.2) is 30.3 Å². The first-order valence-corrected chi connectivity index (χ1v) is 8.59. The van der Waals surface area contributed by atoms with E-state index in [2.05, 4.69) is 4.74 Å². The Morgan fingerprint density at radius 2 is 1.81 bits per heavy atom. The molecule has 0 amide bonds. The summed E-state index contributed by atoms with van der Waals surface area (Å²) in [5.74, 6) is -0.695. The standard InChI is InChI=1S/C15H23O5P/c1-12(2)14(15(16)18-3)20-21(17,19-4)11-10-13-8-6-5-7-9-13/h5-9,12,14H,10-11H2,1-4H3/t14-,21?/m0/s1. The molecule has 1 unspecified atom stereocenters. The zero-order valence-corrected chi connectivity index (χ0v) is 13.8. The lowest BCUT2D eigenvalue weighted by Gasteiger charge is -2.24. The third-order valence-corrected chi connectivity index (χ3v) is 4.98. The van der Waals surface area contributed by atoms with Gasteiger partial charge in [0.1, 0.15) is 0 Å². The Balaban J connectivity index is 2.74. The van der Waals surface area contributed by atoms with E-state index in [0.717, 1.165) is 5.56 Å². The summed E-state index contributed by atoms with van der Waals surface area (Å²) in [6, 6.07) is 9.64. The molecule has 0 saturated heterocycles. The summed E-state index contributed by atoms with van der Waals surface area (Å²) in [5.41, 5.74) is 1.04. The van der Waals surface area contributed by atoms with Crippen molar-refractivity contribution in [1.82, 2.24) is 0 Å². The molecule has 0 aliphatic rings. The topological polar surface area (TPSA) is 61.8 Å². The van der Waals surface area contributed by atoms with Crippen LogP contribution in [0, 0.1) is 5.92 Å². The van der Waals surface area contributed by atoms with Gasteiger partial charge in [0, 0.05) is 7.11 Å². The van der Waals surface area contributed by atoms with Crippen LogP contribution in [0.25, 0.3) is 0 Å². The second kappa shape index (κ2) is 8.32. The van der Waals surface area contributed by atoms with E-state index in [1.54, 1.807) is 13.8 Å². The molecule has 1 rings (SSSR count). The van der Waals surface area contributed by atoms with Gasteiger partial charge in [0.2, 0.25) is 0 Å². The summed E-state index contributed by atoms with van der Waals surface area (Å²) in [6.07, 6.45) is -0.123. The normalized spacial score (nSPS) is 15.5. The molecular weight excluding hydrogens is 291 g/mol. The van der Waals surface area contributed by atoms with Gasteiger partial charge in [0.15, 0.2) is 6.10 Å². The zero-order valence-electron chi connectivity index (χ0n) is 12.9. The first-order valence-electron chi connectivity index (χ1n) is 6.87. The summed E-state index contributed by atoms with van der Waals surface area (Å²) in [7, 11) is -0.729. The van der Waals surface area contributed by atoms with Crippen LogP contribution in [0.3, 0.4) is 0 Å². The third kappa shape index (κ3) is 5.62. The molecule has 2 atom stereocenters. The molecule has 1 aromatic carbocycles. The minimum atomic E-state index is -3.34. The Bertz CT molecular complexity index is 486. The highest BCUT2D eigenvalue weighted by Crippen LogP contribution is 2.49. The molecular formula is C15H23O5P. The van der Waals surface area contributed by atoms with Gasteiger partial charge in [0.25, 0.3) is 0 Å². The van der Waals surface area contributed by atoms with E-state index in [1.807, 2.05) is 30.3 Å². The first kappa shape index (κ1) is 17.9. The molecule has 0 heterocycles. The molecule has 0 aliphatic carbocycles. The van der Waals surface area contributed by atoms with Crippen LogP contribution < -0.4 is 0 Å². The van der Waals surface area contributed by atoms with Gasteiger partial charge in [-0.25, -0.2) is 4.79 Å². The van der Waals surface area contributed by atoms with Crippen molar-refractivity contribution < 1.29 is 23.1 Å². The monoisotopic (exact) mass is 314 g/mol. The largest absolute Gasteiger partial charge is 0.467 e. The summed E-state index contributed by atoms with van der Waals surface area (Å²) < 4.78 is 27.9. The fraction of sp³-hybridized carbons (Fsp3) is 0.533. The lowest BCUT2D eigenvalue weighted by atomic mass is 10.1. The van der Waals surface area contributed by atoms with E-state index in [1.165, 1.54) is 14.2 Å². The van der Waals surface area contributed by atoms with Gasteiger partial charge in [-0.1, -0.05) is 44.2 Å². The fourth-order valence-electron chi connectivity index (χ4n) is 1.82.